The predicted molar refractivity (Wildman–Crippen MR) is 154 cm³/mol. The highest BCUT2D eigenvalue weighted by atomic mass is 19.1. The minimum absolute atomic E-state index is 0.193. The second-order valence-corrected chi connectivity index (χ2v) is 10.3. The number of carbonyl (C=O) groups is 2. The summed E-state index contributed by atoms with van der Waals surface area (Å²) in [6, 6.07) is 17.5. The zero-order chi connectivity index (χ0) is 28.0. The Kier molecular flexibility index (Phi) is 6.45. The van der Waals surface area contributed by atoms with E-state index in [9.17, 15) is 14.0 Å². The molecule has 204 valence electrons. The summed E-state index contributed by atoms with van der Waals surface area (Å²) >= 11 is 0. The van der Waals surface area contributed by atoms with Gasteiger partial charge in [-0.1, -0.05) is 30.3 Å². The molecule has 4 heterocycles. The van der Waals surface area contributed by atoms with Crippen molar-refractivity contribution < 1.29 is 14.0 Å². The molecule has 0 bridgehead atoms. The average Bonchev–Trinajstić information content (AvgIpc) is 3.27. The highest BCUT2D eigenvalue weighted by molar-refractivity contribution is 6.47. The molecule has 2 aliphatic rings. The smallest absolute Gasteiger partial charge is 0.298 e. The minimum Gasteiger partial charge on any atom is -0.371 e. The van der Waals surface area contributed by atoms with E-state index in [1.165, 1.54) is 12.4 Å². The lowest BCUT2D eigenvalue weighted by Gasteiger charge is -2.48. The number of piperazine rings is 1. The molecule has 9 nitrogen and oxygen atoms in total. The van der Waals surface area contributed by atoms with Crippen LogP contribution in [0.4, 0.5) is 27.4 Å². The quantitative estimate of drug-likeness (QED) is 0.304. The van der Waals surface area contributed by atoms with Crippen molar-refractivity contribution in [1.29, 1.82) is 0 Å². The summed E-state index contributed by atoms with van der Waals surface area (Å²) in [7, 11) is 3.81. The summed E-state index contributed by atoms with van der Waals surface area (Å²) < 4.78 is 15.0. The van der Waals surface area contributed by atoms with E-state index in [0.29, 0.717) is 30.4 Å². The number of aryl methyl sites for hydroxylation is 1. The molecule has 1 fully saturated rings. The van der Waals surface area contributed by atoms with Crippen LogP contribution in [0.5, 0.6) is 0 Å². The fraction of sp³-hybridized carbons (Fsp3) is 0.267. The summed E-state index contributed by atoms with van der Waals surface area (Å²) in [5.74, 6) is -1.18. The maximum absolute atomic E-state index is 13.4. The summed E-state index contributed by atoms with van der Waals surface area (Å²) in [6.07, 6.45) is 2.39. The molecule has 1 saturated heterocycles. The lowest BCUT2D eigenvalue weighted by atomic mass is 10.0. The number of anilines is 4. The van der Waals surface area contributed by atoms with Gasteiger partial charge in [-0.2, -0.15) is 0 Å². The fourth-order valence-corrected chi connectivity index (χ4v) is 5.68. The number of rotatable bonds is 5. The number of hydrogen-bond donors (Lipinski definition) is 1. The predicted octanol–water partition coefficient (Wildman–Crippen LogP) is 3.90. The van der Waals surface area contributed by atoms with E-state index in [0.717, 1.165) is 41.3 Å². The molecule has 10 heteroatoms. The van der Waals surface area contributed by atoms with Gasteiger partial charge in [0.1, 0.15) is 5.69 Å². The number of nitrogens with one attached hydrogen (secondary N) is 1. The third-order valence-electron chi connectivity index (χ3n) is 7.79. The first-order valence-electron chi connectivity index (χ1n) is 13.2. The van der Waals surface area contributed by atoms with Crippen molar-refractivity contribution in [2.75, 3.05) is 53.2 Å². The maximum atomic E-state index is 13.4. The first-order chi connectivity index (χ1) is 19.3. The lowest BCUT2D eigenvalue weighted by molar-refractivity contribution is -0.112. The molecule has 40 heavy (non-hydrogen) atoms. The Morgan fingerprint density at radius 3 is 2.45 bits per heavy atom. The second-order valence-electron chi connectivity index (χ2n) is 10.3. The van der Waals surface area contributed by atoms with Crippen molar-refractivity contribution in [3.05, 3.63) is 84.2 Å². The molecule has 2 aliphatic heterocycles. The van der Waals surface area contributed by atoms with Crippen LogP contribution in [0.15, 0.2) is 67.0 Å². The summed E-state index contributed by atoms with van der Waals surface area (Å²) in [4.78, 5) is 41.5. The Balaban J connectivity index is 1.20. The molecule has 2 aromatic carbocycles. The van der Waals surface area contributed by atoms with Crippen molar-refractivity contribution in [1.82, 2.24) is 14.5 Å². The van der Waals surface area contributed by atoms with Crippen molar-refractivity contribution in [2.24, 2.45) is 7.05 Å². The third kappa shape index (κ3) is 4.55. The number of hydrogen-bond acceptors (Lipinski definition) is 7. The molecule has 6 rings (SSSR count). The van der Waals surface area contributed by atoms with Gasteiger partial charge in [-0.3, -0.25) is 9.59 Å². The van der Waals surface area contributed by atoms with Crippen LogP contribution >= 0.6 is 0 Å². The van der Waals surface area contributed by atoms with Crippen molar-refractivity contribution in [3.8, 4) is 11.1 Å². The number of benzene rings is 2. The topological polar surface area (TPSA) is 86.6 Å². The van der Waals surface area contributed by atoms with Gasteiger partial charge in [0.15, 0.2) is 5.82 Å². The number of halogens is 1. The van der Waals surface area contributed by atoms with Crippen molar-refractivity contribution in [3.63, 3.8) is 0 Å². The van der Waals surface area contributed by atoms with Crippen LogP contribution in [-0.4, -0.2) is 65.5 Å². The van der Waals surface area contributed by atoms with Gasteiger partial charge in [0, 0.05) is 57.2 Å². The number of fused-ring (bicyclic) bond motifs is 3. The number of likely N-dealkylation sites (N-methyl/N-ethyl adjacent to an activating group) is 1. The number of carbonyl (C=O) groups excluding carboxylic acids is 2. The zero-order valence-electron chi connectivity index (χ0n) is 22.6. The van der Waals surface area contributed by atoms with Crippen LogP contribution in [0.1, 0.15) is 16.2 Å². The van der Waals surface area contributed by atoms with Gasteiger partial charge in [-0.15, -0.1) is 0 Å². The van der Waals surface area contributed by atoms with Crippen LogP contribution in [0.2, 0.25) is 0 Å². The van der Waals surface area contributed by atoms with Crippen LogP contribution in [-0.2, 0) is 11.8 Å². The highest BCUT2D eigenvalue weighted by Crippen LogP contribution is 2.38. The Morgan fingerprint density at radius 1 is 0.950 bits per heavy atom. The van der Waals surface area contributed by atoms with Crippen LogP contribution < -0.4 is 20.0 Å². The molecule has 0 saturated carbocycles. The van der Waals surface area contributed by atoms with E-state index in [-0.39, 0.29) is 6.04 Å². The molecule has 1 atom stereocenters. The first kappa shape index (κ1) is 25.5. The Hall–Kier alpha value is -4.73. The molecule has 0 spiro atoms. The van der Waals surface area contributed by atoms with Crippen LogP contribution in [0, 0.1) is 12.7 Å². The normalized spacial score (nSPS) is 16.4. The Morgan fingerprint density at radius 2 is 1.70 bits per heavy atom. The number of Topliss-reactive ketones (excluding diaryl/α,β-unsaturated/α-hetero) is 1. The van der Waals surface area contributed by atoms with Crippen LogP contribution in [0.3, 0.4) is 0 Å². The molecule has 1 amide bonds. The summed E-state index contributed by atoms with van der Waals surface area (Å²) in [6.45, 7) is 4.84. The Bertz CT molecular complexity index is 1590. The van der Waals surface area contributed by atoms with Gasteiger partial charge in [0.05, 0.1) is 29.8 Å². The maximum Gasteiger partial charge on any atom is 0.298 e. The second kappa shape index (κ2) is 10.1. The highest BCUT2D eigenvalue weighted by Gasteiger charge is 2.35. The van der Waals surface area contributed by atoms with E-state index < -0.39 is 17.5 Å². The molecule has 0 radical (unpaired) electrons. The van der Waals surface area contributed by atoms with E-state index in [2.05, 4.69) is 30.0 Å². The van der Waals surface area contributed by atoms with Gasteiger partial charge in [-0.25, -0.2) is 14.4 Å². The van der Waals surface area contributed by atoms with Gasteiger partial charge < -0.3 is 24.6 Å². The standard InChI is InChI=1S/C30H30FN7O2/c1-19-13-24(20-7-5-4-6-8-20)27(36(19)3)28(39)29(40)34-22-9-10-25-26(14-22)35(2)17-23-18-37(11-12-38(23)25)30-32-15-21(31)16-33-30/h4-10,13-16,23H,11-12,17-18H2,1-3H3,(H,34,40). The largest absolute Gasteiger partial charge is 0.371 e. The van der Waals surface area contributed by atoms with Gasteiger partial charge in [0.25, 0.3) is 11.7 Å². The average molecular weight is 540 g/mol. The van der Waals surface area contributed by atoms with Gasteiger partial charge in [0.2, 0.25) is 5.95 Å². The molecule has 0 aliphatic carbocycles. The molecular formula is C30H30FN7O2. The monoisotopic (exact) mass is 539 g/mol. The molecule has 4 aromatic rings. The number of ketones is 1. The van der Waals surface area contributed by atoms with Crippen LogP contribution in [0.25, 0.3) is 11.1 Å². The summed E-state index contributed by atoms with van der Waals surface area (Å²) in [5, 5.41) is 2.83. The van der Waals surface area contributed by atoms with E-state index in [4.69, 9.17) is 0 Å². The third-order valence-corrected chi connectivity index (χ3v) is 7.79. The van der Waals surface area contributed by atoms with E-state index in [1.54, 1.807) is 11.6 Å². The van der Waals surface area contributed by atoms with E-state index in [1.807, 2.05) is 68.6 Å². The summed E-state index contributed by atoms with van der Waals surface area (Å²) in [5.41, 5.74) is 5.49. The number of nitrogens with zero attached hydrogens (tertiary/aromatic N) is 6. The molecule has 1 N–H and O–H groups in total. The Labute approximate surface area is 231 Å². The zero-order valence-corrected chi connectivity index (χ0v) is 22.6. The fourth-order valence-electron chi connectivity index (χ4n) is 5.68. The lowest BCUT2D eigenvalue weighted by Crippen LogP contribution is -2.59. The molecular weight excluding hydrogens is 509 g/mol. The van der Waals surface area contributed by atoms with Gasteiger partial charge in [-0.05, 0) is 36.8 Å². The van der Waals surface area contributed by atoms with Crippen molar-refractivity contribution in [2.45, 2.75) is 13.0 Å². The SMILES string of the molecule is Cc1cc(-c2ccccc2)c(C(=O)C(=O)Nc2ccc3c(c2)N(C)CC2CN(c4ncc(F)cn4)CCN32)n1C. The molecule has 2 aromatic heterocycles. The van der Waals surface area contributed by atoms with E-state index >= 15 is 0 Å². The number of amides is 1. The molecule has 1 unspecified atom stereocenters. The first-order valence-corrected chi connectivity index (χ1v) is 13.2. The van der Waals surface area contributed by atoms with Crippen molar-refractivity contribution >= 4 is 34.7 Å². The van der Waals surface area contributed by atoms with Gasteiger partial charge >= 0.3 is 0 Å². The number of aromatic nitrogens is 3. The minimum atomic E-state index is -0.678.